The minimum atomic E-state index is -5.01. The molecule has 2 N–H and O–H groups in total. The molecule has 5 nitrogen and oxygen atoms in total. The van der Waals surface area contributed by atoms with Crippen LogP contribution in [0.4, 0.5) is 13.2 Å². The predicted octanol–water partition coefficient (Wildman–Crippen LogP) is 0.935. The zero-order valence-corrected chi connectivity index (χ0v) is 9.71. The number of nitrogens with one attached hydrogen (secondary N) is 1. The third-order valence-corrected chi connectivity index (χ3v) is 3.24. The first-order valence-corrected chi connectivity index (χ1v) is 5.39. The van der Waals surface area contributed by atoms with E-state index in [0.29, 0.717) is 0 Å². The Hall–Kier alpha value is -1.31. The lowest BCUT2D eigenvalue weighted by atomic mass is 9.74. The number of carboxylic acid groups (broad SMARTS) is 1. The summed E-state index contributed by atoms with van der Waals surface area (Å²) in [4.78, 5) is 22.1. The molecular formula is C10H14F3NO4. The van der Waals surface area contributed by atoms with Gasteiger partial charge in [-0.05, 0) is 19.8 Å². The number of aliphatic carboxylic acids is 1. The van der Waals surface area contributed by atoms with E-state index in [1.54, 1.807) is 5.32 Å². The Kier molecular flexibility index (Phi) is 4.20. The summed E-state index contributed by atoms with van der Waals surface area (Å²) in [6.45, 7) is 1.57. The highest BCUT2D eigenvalue weighted by molar-refractivity contribution is 5.83. The monoisotopic (exact) mass is 269 g/mol. The largest absolute Gasteiger partial charge is 0.481 e. The maximum Gasteiger partial charge on any atom is 0.471 e. The molecule has 18 heavy (non-hydrogen) atoms. The summed E-state index contributed by atoms with van der Waals surface area (Å²) < 4.78 is 41.4. The molecule has 1 unspecified atom stereocenters. The number of alkyl halides is 3. The van der Waals surface area contributed by atoms with Gasteiger partial charge in [-0.3, -0.25) is 9.59 Å². The molecule has 1 atom stereocenters. The summed E-state index contributed by atoms with van der Waals surface area (Å²) in [6.07, 6.45) is -4.87. The molecule has 1 fully saturated rings. The molecule has 0 saturated carbocycles. The first-order valence-electron chi connectivity index (χ1n) is 5.39. The number of ether oxygens (including phenoxy) is 1. The van der Waals surface area contributed by atoms with E-state index in [2.05, 4.69) is 0 Å². The van der Waals surface area contributed by atoms with Crippen LogP contribution >= 0.6 is 0 Å². The minimum absolute atomic E-state index is 0.0711. The van der Waals surface area contributed by atoms with Crippen molar-refractivity contribution in [3.8, 4) is 0 Å². The fourth-order valence-electron chi connectivity index (χ4n) is 1.98. The van der Waals surface area contributed by atoms with Crippen molar-refractivity contribution in [3.05, 3.63) is 0 Å². The van der Waals surface area contributed by atoms with Gasteiger partial charge in [-0.15, -0.1) is 0 Å². The zero-order valence-electron chi connectivity index (χ0n) is 9.71. The number of hydrogen-bond donors (Lipinski definition) is 2. The molecule has 0 radical (unpaired) electrons. The van der Waals surface area contributed by atoms with Crippen LogP contribution in [0.2, 0.25) is 0 Å². The van der Waals surface area contributed by atoms with Crippen LogP contribution in [0.25, 0.3) is 0 Å². The second kappa shape index (κ2) is 5.13. The Morgan fingerprint density at radius 2 is 1.83 bits per heavy atom. The van der Waals surface area contributed by atoms with Crippen molar-refractivity contribution in [2.45, 2.75) is 32.0 Å². The van der Waals surface area contributed by atoms with Gasteiger partial charge in [-0.2, -0.15) is 13.2 Å². The third-order valence-electron chi connectivity index (χ3n) is 3.24. The standard InChI is InChI=1S/C10H14F3NO4/c1-6(14-7(15)10(11,12)13)9(8(16)17)2-4-18-5-3-9/h6H,2-5H2,1H3,(H,14,15)(H,16,17). The van der Waals surface area contributed by atoms with E-state index in [1.807, 2.05) is 0 Å². The highest BCUT2D eigenvalue weighted by Crippen LogP contribution is 2.35. The summed E-state index contributed by atoms with van der Waals surface area (Å²) in [7, 11) is 0. The molecule has 104 valence electrons. The van der Waals surface area contributed by atoms with Crippen LogP contribution in [0.5, 0.6) is 0 Å². The molecule has 0 aliphatic carbocycles. The topological polar surface area (TPSA) is 75.6 Å². The van der Waals surface area contributed by atoms with Crippen LogP contribution in [-0.2, 0) is 14.3 Å². The Morgan fingerprint density at radius 3 is 2.22 bits per heavy atom. The van der Waals surface area contributed by atoms with E-state index in [1.165, 1.54) is 6.92 Å². The number of halogens is 3. The number of carboxylic acids is 1. The van der Waals surface area contributed by atoms with Crippen molar-refractivity contribution in [1.82, 2.24) is 5.32 Å². The summed E-state index contributed by atoms with van der Waals surface area (Å²) >= 11 is 0. The lowest BCUT2D eigenvalue weighted by Gasteiger charge is -2.38. The van der Waals surface area contributed by atoms with Crippen molar-refractivity contribution in [2.75, 3.05) is 13.2 Å². The van der Waals surface area contributed by atoms with Gasteiger partial charge < -0.3 is 15.2 Å². The van der Waals surface area contributed by atoms with Crippen molar-refractivity contribution in [3.63, 3.8) is 0 Å². The molecule has 1 rings (SSSR count). The first-order chi connectivity index (χ1) is 8.20. The molecule has 1 aliphatic rings. The number of amides is 1. The van der Waals surface area contributed by atoms with E-state index >= 15 is 0 Å². The Labute approximate surface area is 101 Å². The lowest BCUT2D eigenvalue weighted by Crippen LogP contribution is -2.55. The van der Waals surface area contributed by atoms with E-state index in [-0.39, 0.29) is 26.1 Å². The normalized spacial score (nSPS) is 21.1. The smallest absolute Gasteiger partial charge is 0.471 e. The molecule has 0 spiro atoms. The Balaban J connectivity index is 2.81. The Morgan fingerprint density at radius 1 is 1.33 bits per heavy atom. The molecule has 0 bridgehead atoms. The van der Waals surface area contributed by atoms with E-state index in [9.17, 15) is 27.9 Å². The molecular weight excluding hydrogens is 255 g/mol. The van der Waals surface area contributed by atoms with Gasteiger partial charge in [-0.1, -0.05) is 0 Å². The average molecular weight is 269 g/mol. The quantitative estimate of drug-likeness (QED) is 0.799. The van der Waals surface area contributed by atoms with Crippen molar-refractivity contribution >= 4 is 11.9 Å². The maximum atomic E-state index is 12.1. The van der Waals surface area contributed by atoms with E-state index in [0.717, 1.165) is 0 Å². The SMILES string of the molecule is CC(NC(=O)C(F)(F)F)C1(C(=O)O)CCOCC1. The fraction of sp³-hybridized carbons (Fsp3) is 0.800. The van der Waals surface area contributed by atoms with Gasteiger partial charge in [0.2, 0.25) is 0 Å². The van der Waals surface area contributed by atoms with Crippen LogP contribution in [0.15, 0.2) is 0 Å². The van der Waals surface area contributed by atoms with Crippen LogP contribution in [0.3, 0.4) is 0 Å². The molecule has 1 saturated heterocycles. The second-order valence-corrected chi connectivity index (χ2v) is 4.27. The number of hydrogen-bond acceptors (Lipinski definition) is 3. The van der Waals surface area contributed by atoms with Crippen LogP contribution in [0, 0.1) is 5.41 Å². The Bertz CT molecular complexity index is 337. The lowest BCUT2D eigenvalue weighted by molar-refractivity contribution is -0.177. The summed E-state index contributed by atoms with van der Waals surface area (Å²) in [5, 5.41) is 10.9. The number of carbonyl (C=O) groups is 2. The molecule has 0 aromatic rings. The second-order valence-electron chi connectivity index (χ2n) is 4.27. The van der Waals surface area contributed by atoms with Crippen LogP contribution in [0.1, 0.15) is 19.8 Å². The average Bonchev–Trinajstić information content (AvgIpc) is 2.28. The predicted molar refractivity (Wildman–Crippen MR) is 53.8 cm³/mol. The van der Waals surface area contributed by atoms with Gasteiger partial charge in [0, 0.05) is 19.3 Å². The number of carbonyl (C=O) groups excluding carboxylic acids is 1. The van der Waals surface area contributed by atoms with Gasteiger partial charge in [0.1, 0.15) is 0 Å². The molecule has 8 heteroatoms. The molecule has 1 amide bonds. The summed E-state index contributed by atoms with van der Waals surface area (Å²) in [5.41, 5.74) is -1.40. The van der Waals surface area contributed by atoms with Crippen LogP contribution < -0.4 is 5.32 Å². The maximum absolute atomic E-state index is 12.1. The summed E-state index contributed by atoms with van der Waals surface area (Å²) in [5.74, 6) is -3.34. The molecule has 0 aromatic heterocycles. The third kappa shape index (κ3) is 2.92. The highest BCUT2D eigenvalue weighted by atomic mass is 19.4. The number of rotatable bonds is 3. The summed E-state index contributed by atoms with van der Waals surface area (Å²) in [6, 6.07) is -1.12. The van der Waals surface area contributed by atoms with Crippen molar-refractivity contribution in [2.24, 2.45) is 5.41 Å². The minimum Gasteiger partial charge on any atom is -0.481 e. The molecule has 1 heterocycles. The van der Waals surface area contributed by atoms with E-state index < -0.39 is 29.5 Å². The van der Waals surface area contributed by atoms with Crippen LogP contribution in [-0.4, -0.2) is 42.4 Å². The molecule has 0 aromatic carbocycles. The van der Waals surface area contributed by atoms with Gasteiger partial charge in [0.25, 0.3) is 0 Å². The first kappa shape index (κ1) is 14.7. The van der Waals surface area contributed by atoms with Crippen molar-refractivity contribution in [1.29, 1.82) is 0 Å². The van der Waals surface area contributed by atoms with Gasteiger partial charge in [0.15, 0.2) is 0 Å². The van der Waals surface area contributed by atoms with Gasteiger partial charge in [-0.25, -0.2) is 0 Å². The fourth-order valence-corrected chi connectivity index (χ4v) is 1.98. The van der Waals surface area contributed by atoms with Gasteiger partial charge >= 0.3 is 18.1 Å². The van der Waals surface area contributed by atoms with E-state index in [4.69, 9.17) is 4.74 Å². The zero-order chi connectivity index (χ0) is 14.0. The highest BCUT2D eigenvalue weighted by Gasteiger charge is 2.48. The molecule has 1 aliphatic heterocycles. The van der Waals surface area contributed by atoms with Gasteiger partial charge in [0.05, 0.1) is 5.41 Å². The van der Waals surface area contributed by atoms with Crippen molar-refractivity contribution < 1.29 is 32.6 Å².